The van der Waals surface area contributed by atoms with Gasteiger partial charge in [0.25, 0.3) is 0 Å². The maximum atomic E-state index is 2.84. The van der Waals surface area contributed by atoms with Gasteiger partial charge in [-0.05, 0) is 27.6 Å². The van der Waals surface area contributed by atoms with Gasteiger partial charge < -0.3 is 0 Å². The van der Waals surface area contributed by atoms with Gasteiger partial charge in [0, 0.05) is 0 Å². The fraction of sp³-hybridized carbons (Fsp3) is 0. The molecule has 0 aromatic heterocycles. The summed E-state index contributed by atoms with van der Waals surface area (Å²) >= 11 is 0. The molecule has 94 valence electrons. The van der Waals surface area contributed by atoms with Gasteiger partial charge >= 0.3 is 29.6 Å². The van der Waals surface area contributed by atoms with E-state index in [0.717, 1.165) is 0 Å². The van der Waals surface area contributed by atoms with Gasteiger partial charge in [0.1, 0.15) is 0 Å². The van der Waals surface area contributed by atoms with E-state index in [9.17, 15) is 0 Å². The van der Waals surface area contributed by atoms with Crippen LogP contribution in [-0.4, -0.2) is 29.6 Å². The summed E-state index contributed by atoms with van der Waals surface area (Å²) < 4.78 is 0. The van der Waals surface area contributed by atoms with Gasteiger partial charge in [0.05, 0.1) is 0 Å². The maximum absolute atomic E-state index is 2.84. The Morgan fingerprint density at radius 3 is 1.70 bits per heavy atom. The van der Waals surface area contributed by atoms with Gasteiger partial charge in [-0.1, -0.05) is 78.9 Å². The van der Waals surface area contributed by atoms with Crippen LogP contribution in [0.25, 0.3) is 22.3 Å². The molecule has 0 aliphatic heterocycles. The Morgan fingerprint density at radius 2 is 1.10 bits per heavy atom. The first-order valence-electron chi connectivity index (χ1n) is 6.35. The molecule has 3 aromatic carbocycles. The molecule has 0 aliphatic rings. The third-order valence-corrected chi connectivity index (χ3v) is 3.73. The van der Waals surface area contributed by atoms with Crippen molar-refractivity contribution in [2.75, 3.05) is 0 Å². The Labute approximate surface area is 144 Å². The van der Waals surface area contributed by atoms with E-state index in [4.69, 9.17) is 0 Å². The monoisotopic (exact) mass is 286 g/mol. The molecule has 0 heterocycles. The van der Waals surface area contributed by atoms with Gasteiger partial charge in [-0.15, -0.1) is 9.24 Å². The fourth-order valence-electron chi connectivity index (χ4n) is 2.36. The molecule has 1 atom stereocenters. The van der Waals surface area contributed by atoms with Crippen LogP contribution in [0.4, 0.5) is 0 Å². The van der Waals surface area contributed by atoms with Crippen LogP contribution in [0.3, 0.4) is 0 Å². The summed E-state index contributed by atoms with van der Waals surface area (Å²) in [6.07, 6.45) is 0. The van der Waals surface area contributed by atoms with Gasteiger partial charge in [0.2, 0.25) is 0 Å². The second-order valence-electron chi connectivity index (χ2n) is 4.50. The van der Waals surface area contributed by atoms with Crippen LogP contribution in [0.1, 0.15) is 0 Å². The Balaban J connectivity index is 0.00000147. The summed E-state index contributed by atoms with van der Waals surface area (Å²) in [5.41, 5.74) is 5.08. The van der Waals surface area contributed by atoms with E-state index in [1.54, 1.807) is 0 Å². The predicted octanol–water partition coefficient (Wildman–Crippen LogP) is 3.87. The molecule has 20 heavy (non-hydrogen) atoms. The number of benzene rings is 3. The standard InChI is InChI=1S/C18H15P.Na.H/c19-17-13-7-12-16(14-8-3-1-4-9-14)18(17)15-10-5-2-6-11-15;;/h1-13H,19H2;;. The van der Waals surface area contributed by atoms with Crippen molar-refractivity contribution >= 4 is 44.1 Å². The van der Waals surface area contributed by atoms with Crippen LogP contribution in [-0.2, 0) is 0 Å². The minimum atomic E-state index is 0. The molecule has 0 amide bonds. The average Bonchev–Trinajstić information content (AvgIpc) is 2.49. The van der Waals surface area contributed by atoms with Crippen LogP contribution in [0, 0.1) is 0 Å². The molecule has 0 saturated heterocycles. The second-order valence-corrected chi connectivity index (χ2v) is 5.12. The van der Waals surface area contributed by atoms with E-state index in [-0.39, 0.29) is 29.6 Å². The van der Waals surface area contributed by atoms with Gasteiger partial charge in [-0.2, -0.15) is 0 Å². The minimum absolute atomic E-state index is 0. The van der Waals surface area contributed by atoms with Crippen LogP contribution < -0.4 is 5.30 Å². The Kier molecular flexibility index (Phi) is 5.57. The van der Waals surface area contributed by atoms with Crippen molar-refractivity contribution in [1.29, 1.82) is 0 Å². The van der Waals surface area contributed by atoms with Crippen molar-refractivity contribution in [2.24, 2.45) is 0 Å². The predicted molar refractivity (Wildman–Crippen MR) is 93.8 cm³/mol. The second kappa shape index (κ2) is 7.20. The van der Waals surface area contributed by atoms with Crippen molar-refractivity contribution in [3.8, 4) is 22.3 Å². The summed E-state index contributed by atoms with van der Waals surface area (Å²) in [6.45, 7) is 0. The molecule has 0 bridgehead atoms. The summed E-state index contributed by atoms with van der Waals surface area (Å²) in [4.78, 5) is 0. The molecular weight excluding hydrogens is 270 g/mol. The molecule has 0 N–H and O–H groups in total. The van der Waals surface area contributed by atoms with Crippen LogP contribution in [0.5, 0.6) is 0 Å². The Morgan fingerprint density at radius 1 is 0.550 bits per heavy atom. The fourth-order valence-corrected chi connectivity index (χ4v) is 2.79. The summed E-state index contributed by atoms with van der Waals surface area (Å²) in [5, 5.41) is 1.23. The zero-order valence-corrected chi connectivity index (χ0v) is 11.7. The topological polar surface area (TPSA) is 0 Å². The third-order valence-electron chi connectivity index (χ3n) is 3.24. The Hall–Kier alpha value is -0.910. The first-order chi connectivity index (χ1) is 9.36. The van der Waals surface area contributed by atoms with Crippen LogP contribution in [0.15, 0.2) is 78.9 Å². The van der Waals surface area contributed by atoms with Crippen molar-refractivity contribution in [2.45, 2.75) is 0 Å². The molecule has 3 aromatic rings. The van der Waals surface area contributed by atoms with E-state index in [1.807, 2.05) is 0 Å². The molecule has 0 nitrogen and oxygen atoms in total. The normalized spacial score (nSPS) is 9.85. The molecule has 0 spiro atoms. The third kappa shape index (κ3) is 3.22. The van der Waals surface area contributed by atoms with Gasteiger partial charge in [-0.25, -0.2) is 0 Å². The van der Waals surface area contributed by atoms with E-state index >= 15 is 0 Å². The van der Waals surface area contributed by atoms with E-state index < -0.39 is 0 Å². The summed E-state index contributed by atoms with van der Waals surface area (Å²) in [5.74, 6) is 0. The van der Waals surface area contributed by atoms with Crippen LogP contribution in [0.2, 0.25) is 0 Å². The molecule has 0 saturated carbocycles. The van der Waals surface area contributed by atoms with Gasteiger partial charge in [0.15, 0.2) is 0 Å². The quantitative estimate of drug-likeness (QED) is 0.495. The number of hydrogen-bond donors (Lipinski definition) is 0. The zero-order chi connectivity index (χ0) is 13.1. The average molecular weight is 286 g/mol. The first-order valence-corrected chi connectivity index (χ1v) is 6.93. The molecular formula is C18H16NaP. The van der Waals surface area contributed by atoms with E-state index in [2.05, 4.69) is 88.1 Å². The van der Waals surface area contributed by atoms with Crippen molar-refractivity contribution in [1.82, 2.24) is 0 Å². The SMILES string of the molecule is Pc1cccc(-c2ccccc2)c1-c1ccccc1.[NaH]. The number of hydrogen-bond acceptors (Lipinski definition) is 0. The van der Waals surface area contributed by atoms with Crippen LogP contribution >= 0.6 is 9.24 Å². The number of rotatable bonds is 2. The van der Waals surface area contributed by atoms with Crippen molar-refractivity contribution in [3.05, 3.63) is 78.9 Å². The molecule has 0 radical (unpaired) electrons. The zero-order valence-electron chi connectivity index (χ0n) is 10.6. The summed E-state index contributed by atoms with van der Waals surface area (Å²) in [6, 6.07) is 27.5. The van der Waals surface area contributed by atoms with E-state index in [0.29, 0.717) is 0 Å². The molecule has 1 unspecified atom stereocenters. The van der Waals surface area contributed by atoms with Crippen molar-refractivity contribution in [3.63, 3.8) is 0 Å². The van der Waals surface area contributed by atoms with E-state index in [1.165, 1.54) is 27.6 Å². The Bertz CT molecular complexity index is 678. The molecule has 3 rings (SSSR count). The molecule has 2 heteroatoms. The molecule has 0 aliphatic carbocycles. The first kappa shape index (κ1) is 15.5. The van der Waals surface area contributed by atoms with Crippen molar-refractivity contribution < 1.29 is 0 Å². The van der Waals surface area contributed by atoms with Gasteiger partial charge in [-0.3, -0.25) is 0 Å². The summed E-state index contributed by atoms with van der Waals surface area (Å²) in [7, 11) is 2.84. The molecule has 0 fully saturated rings.